The van der Waals surface area contributed by atoms with Crippen molar-refractivity contribution in [2.45, 2.75) is 25.8 Å². The molecule has 0 saturated carbocycles. The Balaban J connectivity index is 1.52. The van der Waals surface area contributed by atoms with Crippen LogP contribution in [-0.2, 0) is 6.54 Å². The molecule has 0 aromatic heterocycles. The minimum atomic E-state index is -0.327. The van der Waals surface area contributed by atoms with Crippen molar-refractivity contribution in [3.05, 3.63) is 58.6 Å². The fraction of sp³-hybridized carbons (Fsp3) is 0.333. The summed E-state index contributed by atoms with van der Waals surface area (Å²) in [6.07, 6.45) is 4.00. The third-order valence-corrected chi connectivity index (χ3v) is 5.37. The van der Waals surface area contributed by atoms with E-state index in [1.54, 1.807) is 23.1 Å². The van der Waals surface area contributed by atoms with Crippen molar-refractivity contribution in [1.29, 1.82) is 0 Å². The highest BCUT2D eigenvalue weighted by Crippen LogP contribution is 2.24. The summed E-state index contributed by atoms with van der Waals surface area (Å²) in [7, 11) is 1.53. The van der Waals surface area contributed by atoms with E-state index >= 15 is 0 Å². The molecule has 1 saturated heterocycles. The molecule has 0 spiro atoms. The fourth-order valence-electron chi connectivity index (χ4n) is 3.37. The molecular weight excluding hydrogens is 394 g/mol. The number of likely N-dealkylation sites (tertiary alicyclic amines) is 1. The van der Waals surface area contributed by atoms with Crippen molar-refractivity contribution in [1.82, 2.24) is 5.32 Å². The van der Waals surface area contributed by atoms with Crippen LogP contribution in [0, 0.1) is 0 Å². The molecule has 1 aliphatic heterocycles. The third-order valence-electron chi connectivity index (χ3n) is 4.87. The molecule has 0 unspecified atom stereocenters. The third kappa shape index (κ3) is 5.67. The lowest BCUT2D eigenvalue weighted by molar-refractivity contribution is -0.918. The van der Waals surface area contributed by atoms with Gasteiger partial charge in [-0.2, -0.15) is 0 Å². The maximum atomic E-state index is 12.3. The van der Waals surface area contributed by atoms with Crippen molar-refractivity contribution in [3.8, 4) is 5.75 Å². The molecule has 3 N–H and O–H groups in total. The molecule has 1 heterocycles. The van der Waals surface area contributed by atoms with Gasteiger partial charge in [0.05, 0.1) is 25.2 Å². The number of piperidine rings is 1. The number of halogens is 1. The maximum absolute atomic E-state index is 12.3. The molecule has 1 aliphatic rings. The van der Waals surface area contributed by atoms with Gasteiger partial charge in [-0.1, -0.05) is 23.7 Å². The minimum absolute atomic E-state index is 0.242. The SMILES string of the molecule is COc1ccc(C(=O)NC(=S)Nc2ccc(C[NH+]3CCCCC3)cc2)cc1Cl. The normalized spacial score (nSPS) is 14.4. The molecule has 0 aliphatic carbocycles. The summed E-state index contributed by atoms with van der Waals surface area (Å²) >= 11 is 11.3. The van der Waals surface area contributed by atoms with E-state index in [4.69, 9.17) is 28.6 Å². The molecule has 0 bridgehead atoms. The number of ether oxygens (including phenoxy) is 1. The van der Waals surface area contributed by atoms with Gasteiger partial charge >= 0.3 is 0 Å². The average molecular weight is 419 g/mol. The van der Waals surface area contributed by atoms with E-state index in [9.17, 15) is 4.79 Å². The van der Waals surface area contributed by atoms with Gasteiger partial charge in [0.1, 0.15) is 12.3 Å². The molecule has 2 aromatic rings. The molecule has 1 fully saturated rings. The second kappa shape index (κ2) is 9.87. The van der Waals surface area contributed by atoms with E-state index in [-0.39, 0.29) is 11.0 Å². The van der Waals surface area contributed by atoms with Gasteiger partial charge in [0.15, 0.2) is 5.11 Å². The van der Waals surface area contributed by atoms with E-state index in [2.05, 4.69) is 22.8 Å². The van der Waals surface area contributed by atoms with Crippen LogP contribution in [0.3, 0.4) is 0 Å². The monoisotopic (exact) mass is 418 g/mol. The van der Waals surface area contributed by atoms with Crippen LogP contribution in [0.25, 0.3) is 0 Å². The topological polar surface area (TPSA) is 54.8 Å². The number of rotatable bonds is 5. The number of hydrogen-bond acceptors (Lipinski definition) is 3. The summed E-state index contributed by atoms with van der Waals surface area (Å²) in [6.45, 7) is 3.57. The van der Waals surface area contributed by atoms with Crippen LogP contribution in [0.15, 0.2) is 42.5 Å². The van der Waals surface area contributed by atoms with Gasteiger partial charge in [-0.05, 0) is 61.8 Å². The van der Waals surface area contributed by atoms with Gasteiger partial charge in [-0.3, -0.25) is 10.1 Å². The number of thiocarbonyl (C=S) groups is 1. The summed E-state index contributed by atoms with van der Waals surface area (Å²) in [4.78, 5) is 14.0. The number of nitrogens with one attached hydrogen (secondary N) is 3. The molecule has 2 aromatic carbocycles. The summed E-state index contributed by atoms with van der Waals surface area (Å²) in [5, 5.41) is 6.33. The maximum Gasteiger partial charge on any atom is 0.257 e. The first-order valence-electron chi connectivity index (χ1n) is 9.43. The Morgan fingerprint density at radius 3 is 2.50 bits per heavy atom. The number of anilines is 1. The van der Waals surface area contributed by atoms with Gasteiger partial charge < -0.3 is 15.0 Å². The van der Waals surface area contributed by atoms with Gasteiger partial charge in [-0.15, -0.1) is 0 Å². The van der Waals surface area contributed by atoms with Crippen LogP contribution in [0.4, 0.5) is 5.69 Å². The van der Waals surface area contributed by atoms with Crippen LogP contribution in [0.1, 0.15) is 35.2 Å². The van der Waals surface area contributed by atoms with Crippen LogP contribution < -0.4 is 20.3 Å². The molecule has 28 heavy (non-hydrogen) atoms. The Morgan fingerprint density at radius 1 is 1.14 bits per heavy atom. The Morgan fingerprint density at radius 2 is 1.86 bits per heavy atom. The van der Waals surface area contributed by atoms with Crippen molar-refractivity contribution in [2.24, 2.45) is 0 Å². The van der Waals surface area contributed by atoms with Gasteiger partial charge in [0, 0.05) is 16.8 Å². The van der Waals surface area contributed by atoms with Crippen molar-refractivity contribution in [3.63, 3.8) is 0 Å². The molecule has 0 atom stereocenters. The first kappa shape index (κ1) is 20.6. The highest BCUT2D eigenvalue weighted by atomic mass is 35.5. The summed E-state index contributed by atoms with van der Waals surface area (Å²) in [6, 6.07) is 13.0. The number of hydrogen-bond donors (Lipinski definition) is 3. The summed E-state index contributed by atoms with van der Waals surface area (Å²) < 4.78 is 5.09. The molecule has 148 valence electrons. The van der Waals surface area contributed by atoms with E-state index in [1.165, 1.54) is 45.0 Å². The van der Waals surface area contributed by atoms with E-state index in [0.29, 0.717) is 16.3 Å². The first-order valence-corrected chi connectivity index (χ1v) is 10.2. The van der Waals surface area contributed by atoms with Crippen LogP contribution in [0.5, 0.6) is 5.75 Å². The molecular formula is C21H25ClN3O2S+. The number of benzene rings is 2. The number of methoxy groups -OCH3 is 1. The Hall–Kier alpha value is -2.15. The molecule has 0 radical (unpaired) electrons. The molecule has 5 nitrogen and oxygen atoms in total. The first-order chi connectivity index (χ1) is 13.5. The molecule has 3 rings (SSSR count). The number of amides is 1. The number of carbonyl (C=O) groups is 1. The number of quaternary nitrogens is 1. The average Bonchev–Trinajstić information content (AvgIpc) is 2.70. The Labute approximate surface area is 176 Å². The largest absolute Gasteiger partial charge is 0.495 e. The smallest absolute Gasteiger partial charge is 0.257 e. The lowest BCUT2D eigenvalue weighted by Crippen LogP contribution is -3.11. The second-order valence-electron chi connectivity index (χ2n) is 6.94. The quantitative estimate of drug-likeness (QED) is 0.653. The van der Waals surface area contributed by atoms with Crippen molar-refractivity contribution < 1.29 is 14.4 Å². The summed E-state index contributed by atoms with van der Waals surface area (Å²) in [5.74, 6) is 0.192. The molecule has 1 amide bonds. The lowest BCUT2D eigenvalue weighted by atomic mass is 10.1. The van der Waals surface area contributed by atoms with Crippen molar-refractivity contribution >= 4 is 40.5 Å². The zero-order valence-electron chi connectivity index (χ0n) is 15.9. The van der Waals surface area contributed by atoms with Gasteiger partial charge in [0.25, 0.3) is 5.91 Å². The second-order valence-corrected chi connectivity index (χ2v) is 7.76. The van der Waals surface area contributed by atoms with E-state index in [0.717, 1.165) is 12.2 Å². The van der Waals surface area contributed by atoms with E-state index in [1.807, 2.05) is 12.1 Å². The van der Waals surface area contributed by atoms with Crippen LogP contribution in [-0.4, -0.2) is 31.2 Å². The standard InChI is InChI=1S/C21H24ClN3O2S/c1-27-19-10-7-16(13-18(19)22)20(26)24-21(28)23-17-8-5-15(6-9-17)14-25-11-3-2-4-12-25/h5-10,13H,2-4,11-12,14H2,1H3,(H2,23,24,26,28)/p+1. The highest BCUT2D eigenvalue weighted by Gasteiger charge is 2.14. The Kier molecular flexibility index (Phi) is 7.25. The lowest BCUT2D eigenvalue weighted by Gasteiger charge is -2.23. The minimum Gasteiger partial charge on any atom is -0.495 e. The van der Waals surface area contributed by atoms with Crippen molar-refractivity contribution in [2.75, 3.05) is 25.5 Å². The van der Waals surface area contributed by atoms with Gasteiger partial charge in [-0.25, -0.2) is 0 Å². The zero-order chi connectivity index (χ0) is 19.9. The predicted molar refractivity (Wildman–Crippen MR) is 116 cm³/mol. The Bertz CT molecular complexity index is 836. The molecule has 7 heteroatoms. The number of carbonyl (C=O) groups excluding carboxylic acids is 1. The predicted octanol–water partition coefficient (Wildman–Crippen LogP) is 3.04. The highest BCUT2D eigenvalue weighted by molar-refractivity contribution is 7.80. The summed E-state index contributed by atoms with van der Waals surface area (Å²) in [5.41, 5.74) is 2.57. The van der Waals surface area contributed by atoms with Gasteiger partial charge in [0.2, 0.25) is 0 Å². The zero-order valence-corrected chi connectivity index (χ0v) is 17.5. The van der Waals surface area contributed by atoms with Crippen LogP contribution in [0.2, 0.25) is 5.02 Å². The van der Waals surface area contributed by atoms with E-state index < -0.39 is 0 Å². The van der Waals surface area contributed by atoms with Crippen LogP contribution >= 0.6 is 23.8 Å². The fourth-order valence-corrected chi connectivity index (χ4v) is 3.84.